The van der Waals surface area contributed by atoms with E-state index >= 15 is 0 Å². The lowest BCUT2D eigenvalue weighted by molar-refractivity contribution is -0.139. The molecule has 0 N–H and O–H groups in total. The van der Waals surface area contributed by atoms with Crippen LogP contribution in [0.3, 0.4) is 0 Å². The van der Waals surface area contributed by atoms with Gasteiger partial charge in [0.1, 0.15) is 11.4 Å². The largest absolute Gasteiger partial charge is 0.480 e. The van der Waals surface area contributed by atoms with E-state index in [0.717, 1.165) is 11.3 Å². The molecule has 2 aliphatic heterocycles. The number of fused-ring (bicyclic) bond motifs is 1. The Balaban J connectivity index is 1.52. The van der Waals surface area contributed by atoms with E-state index < -0.39 is 11.7 Å². The summed E-state index contributed by atoms with van der Waals surface area (Å²) < 4.78 is 11.1. The Kier molecular flexibility index (Phi) is 4.39. The van der Waals surface area contributed by atoms with Gasteiger partial charge in [0.05, 0.1) is 0 Å². The molecule has 1 atom stereocenters. The van der Waals surface area contributed by atoms with E-state index in [4.69, 9.17) is 9.47 Å². The van der Waals surface area contributed by atoms with Crippen molar-refractivity contribution in [2.24, 2.45) is 0 Å². The number of nitrogens with zero attached hydrogens (tertiary/aromatic N) is 2. The lowest BCUT2D eigenvalue weighted by atomic mass is 10.1. The lowest BCUT2D eigenvalue weighted by Gasteiger charge is -2.36. The van der Waals surface area contributed by atoms with Crippen LogP contribution in [0.5, 0.6) is 5.75 Å². The predicted molar refractivity (Wildman–Crippen MR) is 88.9 cm³/mol. The Morgan fingerprint density at radius 2 is 1.71 bits per heavy atom. The first kappa shape index (κ1) is 16.6. The minimum absolute atomic E-state index is 0.00459. The maximum atomic E-state index is 12.6. The van der Waals surface area contributed by atoms with Gasteiger partial charge in [0.15, 0.2) is 6.10 Å². The number of ether oxygens (including phenoxy) is 2. The molecule has 2 heterocycles. The zero-order valence-corrected chi connectivity index (χ0v) is 14.4. The Hall–Kier alpha value is -2.24. The van der Waals surface area contributed by atoms with E-state index in [0.29, 0.717) is 32.6 Å². The van der Waals surface area contributed by atoms with Gasteiger partial charge in [0.2, 0.25) is 0 Å². The molecule has 130 valence electrons. The fourth-order valence-corrected chi connectivity index (χ4v) is 2.96. The summed E-state index contributed by atoms with van der Waals surface area (Å²) in [5, 5.41) is 0. The summed E-state index contributed by atoms with van der Waals surface area (Å²) in [6, 6.07) is 7.74. The maximum Gasteiger partial charge on any atom is 0.410 e. The Morgan fingerprint density at radius 3 is 2.33 bits per heavy atom. The van der Waals surface area contributed by atoms with Gasteiger partial charge in [-0.2, -0.15) is 0 Å². The molecule has 0 aromatic heterocycles. The molecule has 1 fully saturated rings. The van der Waals surface area contributed by atoms with Crippen LogP contribution in [0.4, 0.5) is 4.79 Å². The normalized spacial score (nSPS) is 20.4. The number of hydrogen-bond donors (Lipinski definition) is 0. The van der Waals surface area contributed by atoms with Crippen LogP contribution in [0.25, 0.3) is 0 Å². The summed E-state index contributed by atoms with van der Waals surface area (Å²) in [5.74, 6) is 0.790. The second-order valence-electron chi connectivity index (χ2n) is 7.21. The van der Waals surface area contributed by atoms with Crippen molar-refractivity contribution < 1.29 is 19.1 Å². The summed E-state index contributed by atoms with van der Waals surface area (Å²) in [7, 11) is 0. The number of carbonyl (C=O) groups excluding carboxylic acids is 2. The van der Waals surface area contributed by atoms with Gasteiger partial charge in [-0.15, -0.1) is 0 Å². The van der Waals surface area contributed by atoms with E-state index in [1.807, 2.05) is 45.0 Å². The van der Waals surface area contributed by atoms with Crippen molar-refractivity contribution in [3.63, 3.8) is 0 Å². The molecular formula is C18H24N2O4. The van der Waals surface area contributed by atoms with Crippen molar-refractivity contribution in [1.29, 1.82) is 0 Å². The second kappa shape index (κ2) is 6.34. The molecule has 6 nitrogen and oxygen atoms in total. The standard InChI is InChI=1S/C18H24N2O4/c1-18(2,3)24-17(22)20-10-8-19(9-11-20)16(21)15-12-13-6-4-5-7-14(13)23-15/h4-7,15H,8-12H2,1-3H3. The minimum Gasteiger partial charge on any atom is -0.480 e. The SMILES string of the molecule is CC(C)(C)OC(=O)N1CCN(C(=O)C2Cc3ccccc3O2)CC1. The van der Waals surface area contributed by atoms with E-state index in [-0.39, 0.29) is 12.0 Å². The molecule has 1 saturated heterocycles. The quantitative estimate of drug-likeness (QED) is 0.790. The molecule has 0 spiro atoms. The maximum absolute atomic E-state index is 12.6. The first-order chi connectivity index (χ1) is 11.3. The average Bonchev–Trinajstić information content (AvgIpc) is 2.96. The van der Waals surface area contributed by atoms with Crippen molar-refractivity contribution in [1.82, 2.24) is 9.80 Å². The zero-order valence-electron chi connectivity index (χ0n) is 14.4. The molecule has 0 saturated carbocycles. The van der Waals surface area contributed by atoms with E-state index in [9.17, 15) is 9.59 Å². The highest BCUT2D eigenvalue weighted by Crippen LogP contribution is 2.29. The van der Waals surface area contributed by atoms with Crippen molar-refractivity contribution in [2.75, 3.05) is 26.2 Å². The van der Waals surface area contributed by atoms with Crippen molar-refractivity contribution in [2.45, 2.75) is 38.9 Å². The van der Waals surface area contributed by atoms with Crippen LogP contribution >= 0.6 is 0 Å². The van der Waals surface area contributed by atoms with Crippen LogP contribution in [-0.4, -0.2) is 59.7 Å². The summed E-state index contributed by atoms with van der Waals surface area (Å²) in [6.07, 6.45) is -0.157. The van der Waals surface area contributed by atoms with Gasteiger partial charge < -0.3 is 19.3 Å². The summed E-state index contributed by atoms with van der Waals surface area (Å²) in [4.78, 5) is 28.1. The van der Waals surface area contributed by atoms with Crippen molar-refractivity contribution >= 4 is 12.0 Å². The summed E-state index contributed by atoms with van der Waals surface area (Å²) in [5.41, 5.74) is 0.566. The topological polar surface area (TPSA) is 59.1 Å². The molecule has 0 bridgehead atoms. The fraction of sp³-hybridized carbons (Fsp3) is 0.556. The minimum atomic E-state index is -0.506. The van der Waals surface area contributed by atoms with E-state index in [1.165, 1.54) is 0 Å². The average molecular weight is 332 g/mol. The van der Waals surface area contributed by atoms with Gasteiger partial charge >= 0.3 is 6.09 Å². The van der Waals surface area contributed by atoms with Gasteiger partial charge in [0, 0.05) is 32.6 Å². The number of hydrogen-bond acceptors (Lipinski definition) is 4. The van der Waals surface area contributed by atoms with Crippen LogP contribution in [0.2, 0.25) is 0 Å². The number of amides is 2. The van der Waals surface area contributed by atoms with Crippen molar-refractivity contribution in [3.8, 4) is 5.75 Å². The number of piperazine rings is 1. The number of benzene rings is 1. The molecule has 6 heteroatoms. The smallest absolute Gasteiger partial charge is 0.410 e. The van der Waals surface area contributed by atoms with Crippen LogP contribution in [0.1, 0.15) is 26.3 Å². The van der Waals surface area contributed by atoms with E-state index in [2.05, 4.69) is 0 Å². The molecule has 24 heavy (non-hydrogen) atoms. The molecule has 1 aromatic carbocycles. The molecule has 3 rings (SSSR count). The van der Waals surface area contributed by atoms with Gasteiger partial charge in [-0.05, 0) is 32.4 Å². The highest BCUT2D eigenvalue weighted by Gasteiger charge is 2.34. The van der Waals surface area contributed by atoms with Crippen LogP contribution in [0, 0.1) is 0 Å². The number of carbonyl (C=O) groups is 2. The molecule has 1 unspecified atom stereocenters. The molecule has 1 aromatic rings. The third-order valence-electron chi connectivity index (χ3n) is 4.17. The van der Waals surface area contributed by atoms with Gasteiger partial charge in [0.25, 0.3) is 5.91 Å². The van der Waals surface area contributed by atoms with Crippen LogP contribution in [-0.2, 0) is 16.0 Å². The molecule has 0 radical (unpaired) electrons. The first-order valence-corrected chi connectivity index (χ1v) is 8.35. The number of para-hydroxylation sites is 1. The Morgan fingerprint density at radius 1 is 1.08 bits per heavy atom. The van der Waals surface area contributed by atoms with Gasteiger partial charge in [-0.1, -0.05) is 18.2 Å². The molecular weight excluding hydrogens is 308 g/mol. The molecule has 0 aliphatic carbocycles. The van der Waals surface area contributed by atoms with E-state index in [1.54, 1.807) is 9.80 Å². The summed E-state index contributed by atoms with van der Waals surface area (Å²) in [6.45, 7) is 7.53. The monoisotopic (exact) mass is 332 g/mol. The highest BCUT2D eigenvalue weighted by molar-refractivity contribution is 5.83. The van der Waals surface area contributed by atoms with Crippen LogP contribution in [0.15, 0.2) is 24.3 Å². The second-order valence-corrected chi connectivity index (χ2v) is 7.21. The van der Waals surface area contributed by atoms with Crippen LogP contribution < -0.4 is 4.74 Å². The lowest BCUT2D eigenvalue weighted by Crippen LogP contribution is -2.54. The van der Waals surface area contributed by atoms with Gasteiger partial charge in [-0.3, -0.25) is 4.79 Å². The van der Waals surface area contributed by atoms with Crippen molar-refractivity contribution in [3.05, 3.63) is 29.8 Å². The fourth-order valence-electron chi connectivity index (χ4n) is 2.96. The first-order valence-electron chi connectivity index (χ1n) is 8.35. The zero-order chi connectivity index (χ0) is 17.3. The molecule has 2 amide bonds. The highest BCUT2D eigenvalue weighted by atomic mass is 16.6. The summed E-state index contributed by atoms with van der Waals surface area (Å²) >= 11 is 0. The Labute approximate surface area is 142 Å². The third kappa shape index (κ3) is 3.63. The number of rotatable bonds is 1. The predicted octanol–water partition coefficient (Wildman–Crippen LogP) is 2.07. The van der Waals surface area contributed by atoms with Gasteiger partial charge in [-0.25, -0.2) is 4.79 Å². The Bertz CT molecular complexity index is 605. The third-order valence-corrected chi connectivity index (χ3v) is 4.17. The molecule has 2 aliphatic rings.